The summed E-state index contributed by atoms with van der Waals surface area (Å²) in [6, 6.07) is 0. The number of ether oxygens (including phenoxy) is 1. The van der Waals surface area contributed by atoms with Crippen molar-refractivity contribution in [3.05, 3.63) is 16.6 Å². The van der Waals surface area contributed by atoms with Crippen LogP contribution in [0.15, 0.2) is 10.9 Å². The van der Waals surface area contributed by atoms with Crippen LogP contribution in [0.25, 0.3) is 0 Å². The second-order valence-electron chi connectivity index (χ2n) is 4.27. The third-order valence-electron chi connectivity index (χ3n) is 2.87. The van der Waals surface area contributed by atoms with Crippen molar-refractivity contribution in [3.63, 3.8) is 0 Å². The third kappa shape index (κ3) is 4.44. The maximum atomic E-state index is 11.6. The monoisotopic (exact) mass is 254 g/mol. The van der Waals surface area contributed by atoms with Crippen LogP contribution in [0.2, 0.25) is 0 Å². The lowest BCUT2D eigenvalue weighted by Gasteiger charge is -2.21. The highest BCUT2D eigenvalue weighted by atomic mass is 32.1. The molecule has 1 saturated heterocycles. The molecule has 0 bridgehead atoms. The van der Waals surface area contributed by atoms with E-state index in [1.54, 1.807) is 11.3 Å². The Balaban J connectivity index is 1.60. The zero-order valence-electron chi connectivity index (χ0n) is 9.85. The van der Waals surface area contributed by atoms with Crippen LogP contribution in [-0.2, 0) is 16.0 Å². The van der Waals surface area contributed by atoms with Crippen LogP contribution >= 0.6 is 11.3 Å². The van der Waals surface area contributed by atoms with Gasteiger partial charge in [-0.25, -0.2) is 4.98 Å². The van der Waals surface area contributed by atoms with Crippen molar-refractivity contribution in [2.75, 3.05) is 13.2 Å². The highest BCUT2D eigenvalue weighted by Crippen LogP contribution is 2.15. The standard InChI is InChI=1S/C12H18N2O2S/c15-12(7-11-3-1-2-6-16-11)13-5-4-10-8-17-9-14-10/h8-9,11H,1-7H2,(H,13,15). The van der Waals surface area contributed by atoms with E-state index in [4.69, 9.17) is 4.74 Å². The van der Waals surface area contributed by atoms with Gasteiger partial charge in [0.1, 0.15) is 0 Å². The number of carbonyl (C=O) groups is 1. The Labute approximate surface area is 105 Å². The first-order chi connectivity index (χ1) is 8.34. The molecule has 1 unspecified atom stereocenters. The molecule has 1 atom stereocenters. The molecule has 4 nitrogen and oxygen atoms in total. The summed E-state index contributed by atoms with van der Waals surface area (Å²) in [4.78, 5) is 15.8. The predicted molar refractivity (Wildman–Crippen MR) is 67.0 cm³/mol. The summed E-state index contributed by atoms with van der Waals surface area (Å²) in [5.74, 6) is 0.0899. The van der Waals surface area contributed by atoms with Gasteiger partial charge in [0.05, 0.1) is 23.7 Å². The van der Waals surface area contributed by atoms with Gasteiger partial charge in [0.2, 0.25) is 5.91 Å². The maximum absolute atomic E-state index is 11.6. The summed E-state index contributed by atoms with van der Waals surface area (Å²) in [5.41, 5.74) is 2.86. The van der Waals surface area contributed by atoms with Crippen molar-refractivity contribution in [1.82, 2.24) is 10.3 Å². The van der Waals surface area contributed by atoms with Crippen LogP contribution in [-0.4, -0.2) is 30.1 Å². The topological polar surface area (TPSA) is 51.2 Å². The molecule has 0 spiro atoms. The molecule has 0 radical (unpaired) electrons. The largest absolute Gasteiger partial charge is 0.378 e. The van der Waals surface area contributed by atoms with Crippen LogP contribution in [0.3, 0.4) is 0 Å². The van der Waals surface area contributed by atoms with E-state index in [1.807, 2.05) is 10.9 Å². The van der Waals surface area contributed by atoms with Crippen LogP contribution in [0.1, 0.15) is 31.4 Å². The molecule has 1 aromatic rings. The Kier molecular flexibility index (Phi) is 4.94. The number of nitrogens with one attached hydrogen (secondary N) is 1. The van der Waals surface area contributed by atoms with Gasteiger partial charge >= 0.3 is 0 Å². The molecule has 0 aliphatic carbocycles. The fourth-order valence-corrected chi connectivity index (χ4v) is 2.53. The number of aromatic nitrogens is 1. The van der Waals surface area contributed by atoms with Gasteiger partial charge in [-0.15, -0.1) is 11.3 Å². The molecule has 0 aromatic carbocycles. The lowest BCUT2D eigenvalue weighted by atomic mass is 10.1. The molecule has 94 valence electrons. The summed E-state index contributed by atoms with van der Waals surface area (Å²) >= 11 is 1.58. The number of hydrogen-bond donors (Lipinski definition) is 1. The minimum absolute atomic E-state index is 0.0899. The molecule has 0 saturated carbocycles. The van der Waals surface area contributed by atoms with E-state index in [0.717, 1.165) is 31.6 Å². The summed E-state index contributed by atoms with van der Waals surface area (Å²) in [5, 5.41) is 4.92. The van der Waals surface area contributed by atoms with E-state index < -0.39 is 0 Å². The molecule has 1 aliphatic heterocycles. The first-order valence-electron chi connectivity index (χ1n) is 6.10. The summed E-state index contributed by atoms with van der Waals surface area (Å²) in [6.45, 7) is 1.46. The molecule has 1 amide bonds. The fraction of sp³-hybridized carbons (Fsp3) is 0.667. The number of hydrogen-bond acceptors (Lipinski definition) is 4. The summed E-state index contributed by atoms with van der Waals surface area (Å²) in [6.07, 6.45) is 4.75. The zero-order chi connectivity index (χ0) is 11.9. The first kappa shape index (κ1) is 12.5. The Morgan fingerprint density at radius 2 is 2.53 bits per heavy atom. The molecular formula is C12H18N2O2S. The van der Waals surface area contributed by atoms with E-state index in [2.05, 4.69) is 10.3 Å². The molecule has 1 aliphatic rings. The van der Waals surface area contributed by atoms with E-state index in [1.165, 1.54) is 6.42 Å². The number of carbonyl (C=O) groups excluding carboxylic acids is 1. The average molecular weight is 254 g/mol. The molecule has 17 heavy (non-hydrogen) atoms. The molecule has 1 N–H and O–H groups in total. The second-order valence-corrected chi connectivity index (χ2v) is 4.99. The van der Waals surface area contributed by atoms with Crippen molar-refractivity contribution in [2.45, 2.75) is 38.2 Å². The highest BCUT2D eigenvalue weighted by Gasteiger charge is 2.17. The zero-order valence-corrected chi connectivity index (χ0v) is 10.7. The van der Waals surface area contributed by atoms with Gasteiger partial charge in [-0.1, -0.05) is 0 Å². The lowest BCUT2D eigenvalue weighted by Crippen LogP contribution is -2.31. The summed E-state index contributed by atoms with van der Waals surface area (Å²) < 4.78 is 5.53. The lowest BCUT2D eigenvalue weighted by molar-refractivity contribution is -0.124. The van der Waals surface area contributed by atoms with Crippen molar-refractivity contribution in [1.29, 1.82) is 0 Å². The summed E-state index contributed by atoms with van der Waals surface area (Å²) in [7, 11) is 0. The van der Waals surface area contributed by atoms with Crippen molar-refractivity contribution < 1.29 is 9.53 Å². The van der Waals surface area contributed by atoms with Gasteiger partial charge in [0.15, 0.2) is 0 Å². The molecule has 1 aromatic heterocycles. The molecular weight excluding hydrogens is 236 g/mol. The van der Waals surface area contributed by atoms with Gasteiger partial charge in [-0.05, 0) is 19.3 Å². The Bertz CT molecular complexity index is 334. The van der Waals surface area contributed by atoms with Gasteiger partial charge in [0.25, 0.3) is 0 Å². The fourth-order valence-electron chi connectivity index (χ4n) is 1.94. The minimum atomic E-state index is 0.0899. The van der Waals surface area contributed by atoms with E-state index >= 15 is 0 Å². The highest BCUT2D eigenvalue weighted by molar-refractivity contribution is 7.07. The minimum Gasteiger partial charge on any atom is -0.378 e. The second kappa shape index (κ2) is 6.71. The number of thiazole rings is 1. The van der Waals surface area contributed by atoms with Crippen LogP contribution in [0, 0.1) is 0 Å². The molecule has 2 heterocycles. The van der Waals surface area contributed by atoms with Crippen molar-refractivity contribution >= 4 is 17.2 Å². The van der Waals surface area contributed by atoms with Crippen LogP contribution < -0.4 is 5.32 Å². The van der Waals surface area contributed by atoms with Gasteiger partial charge in [0, 0.05) is 25.0 Å². The van der Waals surface area contributed by atoms with E-state index in [0.29, 0.717) is 13.0 Å². The molecule has 5 heteroatoms. The average Bonchev–Trinajstić information content (AvgIpc) is 2.83. The number of amides is 1. The quantitative estimate of drug-likeness (QED) is 0.871. The van der Waals surface area contributed by atoms with Crippen molar-refractivity contribution in [3.8, 4) is 0 Å². The first-order valence-corrected chi connectivity index (χ1v) is 7.04. The van der Waals surface area contributed by atoms with E-state index in [-0.39, 0.29) is 12.0 Å². The van der Waals surface area contributed by atoms with Gasteiger partial charge < -0.3 is 10.1 Å². The Morgan fingerprint density at radius 3 is 3.24 bits per heavy atom. The van der Waals surface area contributed by atoms with E-state index in [9.17, 15) is 4.79 Å². The van der Waals surface area contributed by atoms with Crippen molar-refractivity contribution in [2.24, 2.45) is 0 Å². The predicted octanol–water partition coefficient (Wildman–Crippen LogP) is 1.76. The van der Waals surface area contributed by atoms with Gasteiger partial charge in [-0.2, -0.15) is 0 Å². The SMILES string of the molecule is O=C(CC1CCCCO1)NCCc1cscn1. The smallest absolute Gasteiger partial charge is 0.222 e. The van der Waals surface area contributed by atoms with Gasteiger partial charge in [-0.3, -0.25) is 4.79 Å². The molecule has 2 rings (SSSR count). The number of nitrogens with zero attached hydrogens (tertiary/aromatic N) is 1. The maximum Gasteiger partial charge on any atom is 0.222 e. The Hall–Kier alpha value is -0.940. The normalized spacial score (nSPS) is 20.1. The third-order valence-corrected chi connectivity index (χ3v) is 3.51. The molecule has 1 fully saturated rings. The van der Waals surface area contributed by atoms with Crippen LogP contribution in [0.5, 0.6) is 0 Å². The van der Waals surface area contributed by atoms with Crippen LogP contribution in [0.4, 0.5) is 0 Å². The Morgan fingerprint density at radius 1 is 1.59 bits per heavy atom. The number of rotatable bonds is 5.